The first-order valence-electron chi connectivity index (χ1n) is 14.4. The third kappa shape index (κ3) is 6.92. The highest BCUT2D eigenvalue weighted by molar-refractivity contribution is 5.60. The van der Waals surface area contributed by atoms with Crippen molar-refractivity contribution in [2.75, 3.05) is 51.1 Å². The molecule has 12 nitrogen and oxygen atoms in total. The van der Waals surface area contributed by atoms with Gasteiger partial charge in [-0.25, -0.2) is 4.57 Å². The molecule has 1 aliphatic heterocycles. The number of unbranched alkanes of at least 4 members (excludes halogenated alkanes) is 2. The minimum Gasteiger partial charge on any atom is -0.374 e. The summed E-state index contributed by atoms with van der Waals surface area (Å²) in [6.07, 6.45) is 6.90. The first-order chi connectivity index (χ1) is 20.0. The van der Waals surface area contributed by atoms with Crippen LogP contribution in [0, 0.1) is 13.8 Å². The molecule has 12 heteroatoms. The normalized spacial score (nSPS) is 16.9. The number of azo groups is 2. The molecule has 0 saturated heterocycles. The molecule has 224 valence electrons. The zero-order valence-electron chi connectivity index (χ0n) is 26.5. The molecule has 0 saturated carbocycles. The van der Waals surface area contributed by atoms with Crippen LogP contribution < -0.4 is 14.4 Å². The lowest BCUT2D eigenvalue weighted by Gasteiger charge is -2.31. The predicted molar refractivity (Wildman–Crippen MR) is 168 cm³/mol. The molecule has 0 bridgehead atoms. The Balaban J connectivity index is 1.22. The Bertz CT molecular complexity index is 1420. The molecule has 0 spiro atoms. The van der Waals surface area contributed by atoms with Gasteiger partial charge in [-0.1, -0.05) is 5.11 Å². The van der Waals surface area contributed by atoms with Crippen molar-refractivity contribution in [2.24, 2.45) is 39.7 Å². The van der Waals surface area contributed by atoms with E-state index in [4.69, 9.17) is 0 Å². The number of nitrogens with zero attached hydrogens (tertiary/aromatic N) is 12. The number of hydrogen-bond donors (Lipinski definition) is 0. The average molecular weight is 574 g/mol. The van der Waals surface area contributed by atoms with Crippen molar-refractivity contribution >= 4 is 35.0 Å². The standard InChI is InChI=1S/C30H45N12/c1-23-19-25(33-35-29-39(6)21-31-41(29)8)13-15-27(23)37(4)17-11-10-12-18-38(5)28-16-14-26(20-24(28)2)34-36-30(3)40(7)22-32-42(30)9/h13-16,19-22H,10-12,17-18H2,1-9H3/q+1/b36-34-. The molecule has 4 rings (SSSR count). The second-order valence-corrected chi connectivity index (χ2v) is 11.2. The smallest absolute Gasteiger partial charge is 0.374 e. The molecule has 0 fully saturated rings. The fraction of sp³-hybridized carbons (Fsp3) is 0.500. The maximum atomic E-state index is 4.56. The van der Waals surface area contributed by atoms with Crippen LogP contribution in [-0.4, -0.2) is 73.1 Å². The lowest BCUT2D eigenvalue weighted by Crippen LogP contribution is -2.46. The van der Waals surface area contributed by atoms with Crippen molar-refractivity contribution in [1.82, 2.24) is 19.7 Å². The lowest BCUT2D eigenvalue weighted by atomic mass is 10.1. The number of rotatable bonds is 12. The lowest BCUT2D eigenvalue weighted by molar-refractivity contribution is -0.659. The van der Waals surface area contributed by atoms with E-state index in [1.807, 2.05) is 56.7 Å². The third-order valence-corrected chi connectivity index (χ3v) is 7.96. The van der Waals surface area contributed by atoms with Crippen LogP contribution >= 0.6 is 0 Å². The van der Waals surface area contributed by atoms with Gasteiger partial charge in [-0.3, -0.25) is 5.01 Å². The van der Waals surface area contributed by atoms with Crippen LogP contribution in [0.2, 0.25) is 0 Å². The largest absolute Gasteiger partial charge is 0.403 e. The summed E-state index contributed by atoms with van der Waals surface area (Å²) in [4.78, 5) is 6.60. The number of hydrogen-bond acceptors (Lipinski definition) is 10. The van der Waals surface area contributed by atoms with Crippen molar-refractivity contribution in [3.8, 4) is 0 Å². The maximum Gasteiger partial charge on any atom is 0.403 e. The van der Waals surface area contributed by atoms with Crippen molar-refractivity contribution in [2.45, 2.75) is 45.8 Å². The van der Waals surface area contributed by atoms with Gasteiger partial charge in [0, 0.05) is 64.7 Å². The summed E-state index contributed by atoms with van der Waals surface area (Å²) < 4.78 is 3.54. The molecule has 1 atom stereocenters. The van der Waals surface area contributed by atoms with E-state index in [0.29, 0.717) is 5.95 Å². The van der Waals surface area contributed by atoms with Gasteiger partial charge in [0.15, 0.2) is 0 Å². The Kier molecular flexibility index (Phi) is 9.54. The zero-order chi connectivity index (χ0) is 30.4. The third-order valence-electron chi connectivity index (χ3n) is 7.96. The molecule has 1 aliphatic rings. The highest BCUT2D eigenvalue weighted by Crippen LogP contribution is 2.29. The van der Waals surface area contributed by atoms with E-state index >= 15 is 0 Å². The highest BCUT2D eigenvalue weighted by atomic mass is 15.7. The van der Waals surface area contributed by atoms with Crippen molar-refractivity contribution in [3.63, 3.8) is 0 Å². The van der Waals surface area contributed by atoms with Gasteiger partial charge in [0.1, 0.15) is 6.34 Å². The van der Waals surface area contributed by atoms with E-state index in [9.17, 15) is 0 Å². The van der Waals surface area contributed by atoms with Crippen LogP contribution in [0.5, 0.6) is 0 Å². The van der Waals surface area contributed by atoms with Gasteiger partial charge in [0.2, 0.25) is 12.1 Å². The predicted octanol–water partition coefficient (Wildman–Crippen LogP) is 5.60. The molecule has 1 unspecified atom stereocenters. The first-order valence-corrected chi connectivity index (χ1v) is 14.4. The van der Waals surface area contributed by atoms with Gasteiger partial charge in [0.25, 0.3) is 0 Å². The van der Waals surface area contributed by atoms with E-state index in [-0.39, 0.29) is 0 Å². The highest BCUT2D eigenvalue weighted by Gasteiger charge is 2.36. The Hall–Kier alpha value is -4.35. The summed E-state index contributed by atoms with van der Waals surface area (Å²) in [5.74, 6) is 0.0875. The first kappa shape index (κ1) is 30.6. The molecule has 0 amide bonds. The summed E-state index contributed by atoms with van der Waals surface area (Å²) in [6.45, 7) is 8.25. The summed E-state index contributed by atoms with van der Waals surface area (Å²) in [5, 5.41) is 28.1. The minimum absolute atomic E-state index is 0.606. The summed E-state index contributed by atoms with van der Waals surface area (Å²) in [6, 6.07) is 12.5. The van der Waals surface area contributed by atoms with Crippen molar-refractivity contribution in [3.05, 3.63) is 53.9 Å². The number of aryl methyl sites for hydroxylation is 4. The van der Waals surface area contributed by atoms with Gasteiger partial charge >= 0.3 is 5.95 Å². The van der Waals surface area contributed by atoms with E-state index in [1.165, 1.54) is 22.5 Å². The summed E-state index contributed by atoms with van der Waals surface area (Å²) in [7, 11) is 11.9. The van der Waals surface area contributed by atoms with Gasteiger partial charge < -0.3 is 14.7 Å². The van der Waals surface area contributed by atoms with Crippen LogP contribution in [0.15, 0.2) is 68.3 Å². The quantitative estimate of drug-likeness (QED) is 0.160. The molecular formula is C30H45N12+. The fourth-order valence-electron chi connectivity index (χ4n) is 4.99. The Labute approximate surface area is 249 Å². The van der Waals surface area contributed by atoms with Crippen LogP contribution in [0.4, 0.5) is 28.7 Å². The van der Waals surface area contributed by atoms with Gasteiger partial charge in [-0.05, 0) is 85.7 Å². The molecule has 2 heterocycles. The SMILES string of the molecule is Cc1cc(N=Nc2n(C)nc[n+]2C)ccc1N(C)CCCCCN(C)c1ccc(/N=N\C2(C)N(C)C=NN2C)cc1C. The molecule has 0 aliphatic carbocycles. The monoisotopic (exact) mass is 573 g/mol. The van der Waals surface area contributed by atoms with E-state index in [0.717, 1.165) is 43.7 Å². The molecule has 0 radical (unpaired) electrons. The molecule has 42 heavy (non-hydrogen) atoms. The molecule has 3 aromatic rings. The number of benzene rings is 2. The molecule has 1 aromatic heterocycles. The topological polar surface area (TPSA) is 96.5 Å². The number of anilines is 2. The van der Waals surface area contributed by atoms with E-state index in [1.54, 1.807) is 22.4 Å². The molecule has 2 aromatic carbocycles. The molecular weight excluding hydrogens is 528 g/mol. The second kappa shape index (κ2) is 13.1. The van der Waals surface area contributed by atoms with Gasteiger partial charge in [-0.15, -0.1) is 9.80 Å². The molecule has 0 N–H and O–H groups in total. The minimum atomic E-state index is -0.606. The zero-order valence-corrected chi connectivity index (χ0v) is 26.5. The van der Waals surface area contributed by atoms with Gasteiger partial charge in [0.05, 0.1) is 25.5 Å². The van der Waals surface area contributed by atoms with Crippen LogP contribution in [-0.2, 0) is 14.1 Å². The summed E-state index contributed by atoms with van der Waals surface area (Å²) >= 11 is 0. The summed E-state index contributed by atoms with van der Waals surface area (Å²) in [5.41, 5.74) is 6.50. The maximum absolute atomic E-state index is 4.56. The van der Waals surface area contributed by atoms with Crippen LogP contribution in [0.1, 0.15) is 37.3 Å². The average Bonchev–Trinajstić information content (AvgIpc) is 3.41. The van der Waals surface area contributed by atoms with Crippen LogP contribution in [0.3, 0.4) is 0 Å². The van der Waals surface area contributed by atoms with Gasteiger partial charge in [-0.2, -0.15) is 10.2 Å². The second-order valence-electron chi connectivity index (χ2n) is 11.2. The Morgan fingerprint density at radius 3 is 1.88 bits per heavy atom. The van der Waals surface area contributed by atoms with E-state index in [2.05, 4.69) is 92.7 Å². The Morgan fingerprint density at radius 2 is 1.40 bits per heavy atom. The number of aromatic nitrogens is 3. The van der Waals surface area contributed by atoms with E-state index < -0.39 is 5.79 Å². The Morgan fingerprint density at radius 1 is 0.833 bits per heavy atom. The van der Waals surface area contributed by atoms with Crippen molar-refractivity contribution in [1.29, 1.82) is 0 Å². The number of hydrazone groups is 1. The fourth-order valence-corrected chi connectivity index (χ4v) is 4.99. The van der Waals surface area contributed by atoms with Crippen molar-refractivity contribution < 1.29 is 4.57 Å². The van der Waals surface area contributed by atoms with Crippen LogP contribution in [0.25, 0.3) is 0 Å².